The van der Waals surface area contributed by atoms with Crippen LogP contribution < -0.4 is 0 Å². The Hall–Kier alpha value is -0.125. The van der Waals surface area contributed by atoms with E-state index in [9.17, 15) is 0 Å². The summed E-state index contributed by atoms with van der Waals surface area (Å²) in [5.74, 6) is -7.30. The van der Waals surface area contributed by atoms with Gasteiger partial charge in [-0.15, -0.1) is 0 Å². The molecule has 78 valence electrons. The molecule has 0 bridgehead atoms. The van der Waals surface area contributed by atoms with Gasteiger partial charge in [-0.1, -0.05) is 0 Å². The molecule has 9 nitrogen and oxygen atoms in total. The number of carbonyl (C=O) groups is 4. The molecule has 0 saturated carbocycles. The zero-order valence-corrected chi connectivity index (χ0v) is 12.1. The van der Waals surface area contributed by atoms with E-state index in [4.69, 9.17) is 42.9 Å². The predicted octanol–water partition coefficient (Wildman–Crippen LogP) is -2.19. The van der Waals surface area contributed by atoms with Crippen LogP contribution in [0.4, 0.5) is 0 Å². The van der Waals surface area contributed by atoms with Crippen LogP contribution in [0.25, 0.3) is 0 Å². The molecular formula is C4H4O9SrTi+2. The first kappa shape index (κ1) is 24.2. The molecule has 0 fully saturated rings. The summed E-state index contributed by atoms with van der Waals surface area (Å²) in [4.78, 5) is 36.4. The Morgan fingerprint density at radius 3 is 0.667 bits per heavy atom. The Kier molecular flexibility index (Phi) is 26.3. The maximum absolute atomic E-state index is 9.10. The summed E-state index contributed by atoms with van der Waals surface area (Å²) in [5.41, 5.74) is 0. The van der Waals surface area contributed by atoms with Crippen molar-refractivity contribution in [2.24, 2.45) is 0 Å². The molecule has 0 amide bonds. The van der Waals surface area contributed by atoms with Crippen LogP contribution in [-0.4, -0.2) is 89.8 Å². The van der Waals surface area contributed by atoms with Crippen LogP contribution in [0.2, 0.25) is 0 Å². The van der Waals surface area contributed by atoms with Gasteiger partial charge in [-0.3, -0.25) is 0 Å². The third-order valence-electron chi connectivity index (χ3n) is 0.366. The number of carboxylic acid groups (broad SMARTS) is 4. The maximum Gasteiger partial charge on any atom is 2.00 e. The third-order valence-corrected chi connectivity index (χ3v) is 0.366. The Bertz CT molecular complexity index is 190. The zero-order valence-electron chi connectivity index (χ0n) is 7.04. The summed E-state index contributed by atoms with van der Waals surface area (Å²) < 4.78 is 8.25. The minimum atomic E-state index is -1.82. The van der Waals surface area contributed by atoms with E-state index >= 15 is 0 Å². The van der Waals surface area contributed by atoms with Crippen LogP contribution in [0.1, 0.15) is 0 Å². The molecule has 0 aromatic rings. The molecule has 0 aromatic heterocycles. The second-order valence-corrected chi connectivity index (χ2v) is 1.22. The Balaban J connectivity index is -0.0000000653. The van der Waals surface area contributed by atoms with Crippen LogP contribution in [0.15, 0.2) is 0 Å². The molecule has 0 saturated heterocycles. The van der Waals surface area contributed by atoms with Crippen LogP contribution in [0.5, 0.6) is 0 Å². The van der Waals surface area contributed by atoms with Crippen LogP contribution in [0.3, 0.4) is 0 Å². The molecule has 0 rings (SSSR count). The molecule has 0 radical (unpaired) electrons. The normalized spacial score (nSPS) is 6.07. The van der Waals surface area contributed by atoms with Crippen molar-refractivity contribution in [1.82, 2.24) is 0 Å². The van der Waals surface area contributed by atoms with Gasteiger partial charge in [0, 0.05) is 0 Å². The van der Waals surface area contributed by atoms with Gasteiger partial charge >= 0.3 is 93.1 Å². The summed E-state index contributed by atoms with van der Waals surface area (Å²) in [7, 11) is 0. The van der Waals surface area contributed by atoms with Gasteiger partial charge < -0.3 is 20.4 Å². The average Bonchev–Trinajstić information content (AvgIpc) is 2.08. The Morgan fingerprint density at radius 2 is 0.667 bits per heavy atom. The molecule has 0 atom stereocenters. The van der Waals surface area contributed by atoms with Gasteiger partial charge in [0.05, 0.1) is 0 Å². The van der Waals surface area contributed by atoms with Gasteiger partial charge in [-0.25, -0.2) is 19.2 Å². The summed E-state index contributed by atoms with van der Waals surface area (Å²) in [5, 5.41) is 29.6. The van der Waals surface area contributed by atoms with Gasteiger partial charge in [0.2, 0.25) is 0 Å². The van der Waals surface area contributed by atoms with Gasteiger partial charge in [-0.05, 0) is 0 Å². The SMILES string of the molecule is O=C(O)C(=O)O.O=C(O)C(=O)O.[O]=[Ti].[Sr+2]. The first-order valence-corrected chi connectivity index (χ1v) is 3.05. The van der Waals surface area contributed by atoms with E-state index in [0.717, 1.165) is 20.4 Å². The first-order valence-electron chi connectivity index (χ1n) is 2.42. The molecule has 0 aromatic carbocycles. The van der Waals surface area contributed by atoms with Crippen molar-refractivity contribution in [3.05, 3.63) is 0 Å². The van der Waals surface area contributed by atoms with Crippen LogP contribution >= 0.6 is 0 Å². The molecule has 0 aliphatic carbocycles. The van der Waals surface area contributed by atoms with Crippen molar-refractivity contribution in [2.45, 2.75) is 0 Å². The number of hydrogen-bond acceptors (Lipinski definition) is 5. The number of carboxylic acids is 4. The van der Waals surface area contributed by atoms with Crippen LogP contribution in [0, 0.1) is 0 Å². The molecule has 0 unspecified atom stereocenters. The van der Waals surface area contributed by atoms with E-state index in [0.29, 0.717) is 0 Å². The number of rotatable bonds is 0. The molecule has 0 aliphatic heterocycles. The Morgan fingerprint density at radius 1 is 0.600 bits per heavy atom. The fourth-order valence-corrected chi connectivity index (χ4v) is 0. The van der Waals surface area contributed by atoms with E-state index in [2.05, 4.69) is 0 Å². The largest absolute Gasteiger partial charge is 2.00 e. The minimum absolute atomic E-state index is 0. The van der Waals surface area contributed by atoms with E-state index in [-0.39, 0.29) is 45.5 Å². The molecule has 0 spiro atoms. The van der Waals surface area contributed by atoms with E-state index in [1.54, 1.807) is 0 Å². The number of hydrogen-bond donors (Lipinski definition) is 4. The van der Waals surface area contributed by atoms with Crippen molar-refractivity contribution in [3.8, 4) is 0 Å². The smallest absolute Gasteiger partial charge is 2.00 e. The second-order valence-electron chi connectivity index (χ2n) is 1.22. The Labute approximate surface area is 131 Å². The van der Waals surface area contributed by atoms with Gasteiger partial charge in [0.15, 0.2) is 0 Å². The maximum atomic E-state index is 9.10. The van der Waals surface area contributed by atoms with Crippen molar-refractivity contribution >= 4 is 69.4 Å². The van der Waals surface area contributed by atoms with Gasteiger partial charge in [0.25, 0.3) is 0 Å². The van der Waals surface area contributed by atoms with Crippen molar-refractivity contribution < 1.29 is 63.3 Å². The topological polar surface area (TPSA) is 166 Å². The first-order chi connectivity index (χ1) is 6.29. The van der Waals surface area contributed by atoms with Crippen molar-refractivity contribution in [1.29, 1.82) is 0 Å². The molecule has 4 N–H and O–H groups in total. The van der Waals surface area contributed by atoms with E-state index in [1.165, 1.54) is 0 Å². The monoisotopic (exact) mass is 332 g/mol. The summed E-state index contributed by atoms with van der Waals surface area (Å²) in [6.07, 6.45) is 0. The molecular weight excluding hydrogens is 328 g/mol. The standard InChI is InChI=1S/2C2H2O4.O.Sr.Ti/c2*3-1(4)2(5)6;;;/h2*(H,3,4)(H,5,6);;;/q;;;+2;. The van der Waals surface area contributed by atoms with Crippen LogP contribution in [-0.2, 0) is 42.9 Å². The van der Waals surface area contributed by atoms with Crippen molar-refractivity contribution in [2.75, 3.05) is 0 Å². The molecule has 15 heavy (non-hydrogen) atoms. The van der Waals surface area contributed by atoms with Gasteiger partial charge in [-0.2, -0.15) is 0 Å². The second kappa shape index (κ2) is 16.3. The number of aliphatic carboxylic acids is 4. The fraction of sp³-hybridized carbons (Fsp3) is 0. The summed E-state index contributed by atoms with van der Waals surface area (Å²) in [6.45, 7) is 0. The van der Waals surface area contributed by atoms with Crippen molar-refractivity contribution in [3.63, 3.8) is 0 Å². The minimum Gasteiger partial charge on any atom is 2.00 e. The summed E-state index contributed by atoms with van der Waals surface area (Å²) >= 11 is 0.750. The summed E-state index contributed by atoms with van der Waals surface area (Å²) in [6, 6.07) is 0. The van der Waals surface area contributed by atoms with E-state index < -0.39 is 23.9 Å². The quantitative estimate of drug-likeness (QED) is 0.285. The fourth-order valence-electron chi connectivity index (χ4n) is 0. The third kappa shape index (κ3) is 31.6. The molecule has 11 heteroatoms. The predicted molar refractivity (Wildman–Crippen MR) is 37.0 cm³/mol. The van der Waals surface area contributed by atoms with E-state index in [1.807, 2.05) is 0 Å². The average molecular weight is 332 g/mol. The van der Waals surface area contributed by atoms with Gasteiger partial charge in [0.1, 0.15) is 0 Å². The molecule has 0 heterocycles. The molecule has 0 aliphatic rings. The zero-order chi connectivity index (χ0) is 12.3.